The predicted molar refractivity (Wildman–Crippen MR) is 76.3 cm³/mol. The summed E-state index contributed by atoms with van der Waals surface area (Å²) in [5, 5.41) is 11.8. The van der Waals surface area contributed by atoms with Crippen molar-refractivity contribution in [2.24, 2.45) is 5.41 Å². The first-order chi connectivity index (χ1) is 10.3. The van der Waals surface area contributed by atoms with E-state index >= 15 is 0 Å². The number of carbonyl (C=O) groups excluding carboxylic acids is 1. The van der Waals surface area contributed by atoms with Gasteiger partial charge in [0.1, 0.15) is 5.69 Å². The van der Waals surface area contributed by atoms with Crippen LogP contribution >= 0.6 is 0 Å². The molecule has 124 valence electrons. The molecule has 4 nitrogen and oxygen atoms in total. The summed E-state index contributed by atoms with van der Waals surface area (Å²) in [5.74, 6) is -0.467. The summed E-state index contributed by atoms with van der Waals surface area (Å²) in [6, 6.07) is 1.90. The van der Waals surface area contributed by atoms with E-state index in [-0.39, 0.29) is 17.6 Å². The van der Waals surface area contributed by atoms with Gasteiger partial charge in [-0.1, -0.05) is 13.8 Å². The largest absolute Gasteiger partial charge is 0.433 e. The molecule has 22 heavy (non-hydrogen) atoms. The second-order valence-corrected chi connectivity index (χ2v) is 5.29. The van der Waals surface area contributed by atoms with Crippen molar-refractivity contribution in [1.82, 2.24) is 10.3 Å². The Hall–Kier alpha value is -1.63. The third-order valence-electron chi connectivity index (χ3n) is 4.08. The molecule has 0 aromatic carbocycles. The maximum Gasteiger partial charge on any atom is 0.433 e. The van der Waals surface area contributed by atoms with Gasteiger partial charge < -0.3 is 10.4 Å². The van der Waals surface area contributed by atoms with Crippen molar-refractivity contribution in [3.8, 4) is 0 Å². The number of nitrogens with one attached hydrogen (secondary N) is 1. The van der Waals surface area contributed by atoms with Crippen LogP contribution in [0.5, 0.6) is 0 Å². The third-order valence-corrected chi connectivity index (χ3v) is 4.08. The first kappa shape index (κ1) is 18.4. The lowest BCUT2D eigenvalue weighted by molar-refractivity contribution is -0.141. The van der Waals surface area contributed by atoms with E-state index in [1.807, 2.05) is 13.8 Å². The van der Waals surface area contributed by atoms with Crippen LogP contribution in [0.1, 0.15) is 49.2 Å². The van der Waals surface area contributed by atoms with Crippen molar-refractivity contribution in [3.63, 3.8) is 0 Å². The Morgan fingerprint density at radius 2 is 1.91 bits per heavy atom. The van der Waals surface area contributed by atoms with Gasteiger partial charge in [0.05, 0.1) is 5.56 Å². The van der Waals surface area contributed by atoms with E-state index in [1.54, 1.807) is 0 Å². The number of aromatic nitrogens is 1. The van der Waals surface area contributed by atoms with Crippen LogP contribution in [0, 0.1) is 5.41 Å². The van der Waals surface area contributed by atoms with Crippen LogP contribution in [0.25, 0.3) is 0 Å². The number of carbonyl (C=O) groups is 1. The fourth-order valence-corrected chi connectivity index (χ4v) is 2.24. The van der Waals surface area contributed by atoms with Gasteiger partial charge in [-0.15, -0.1) is 0 Å². The fourth-order valence-electron chi connectivity index (χ4n) is 2.24. The second-order valence-electron chi connectivity index (χ2n) is 5.29. The minimum atomic E-state index is -4.52. The van der Waals surface area contributed by atoms with E-state index in [9.17, 15) is 18.0 Å². The van der Waals surface area contributed by atoms with Gasteiger partial charge in [0, 0.05) is 19.3 Å². The zero-order valence-corrected chi connectivity index (χ0v) is 12.7. The maximum absolute atomic E-state index is 12.4. The second kappa shape index (κ2) is 7.58. The third kappa shape index (κ3) is 4.69. The molecule has 1 aromatic heterocycles. The summed E-state index contributed by atoms with van der Waals surface area (Å²) in [5.41, 5.74) is -1.15. The number of nitrogens with zero attached hydrogens (tertiary/aromatic N) is 1. The molecule has 7 heteroatoms. The molecule has 0 atom stereocenters. The number of amides is 1. The van der Waals surface area contributed by atoms with E-state index in [2.05, 4.69) is 10.3 Å². The van der Waals surface area contributed by atoms with Gasteiger partial charge in [-0.3, -0.25) is 9.78 Å². The number of hydrogen-bond donors (Lipinski definition) is 2. The van der Waals surface area contributed by atoms with Crippen LogP contribution < -0.4 is 5.32 Å². The number of aliphatic hydroxyl groups is 1. The number of alkyl halides is 3. The van der Waals surface area contributed by atoms with Gasteiger partial charge in [0.2, 0.25) is 0 Å². The lowest BCUT2D eigenvalue weighted by Crippen LogP contribution is -2.37. The molecule has 0 saturated carbocycles. The lowest BCUT2D eigenvalue weighted by Gasteiger charge is -2.31. The number of aliphatic hydroxyl groups excluding tert-OH is 1. The summed E-state index contributed by atoms with van der Waals surface area (Å²) < 4.78 is 37.2. The highest BCUT2D eigenvalue weighted by Gasteiger charge is 2.32. The van der Waals surface area contributed by atoms with E-state index in [0.29, 0.717) is 13.0 Å². The molecule has 0 fully saturated rings. The molecule has 0 spiro atoms. The van der Waals surface area contributed by atoms with E-state index in [1.165, 1.54) is 0 Å². The molecule has 1 heterocycles. The average Bonchev–Trinajstić information content (AvgIpc) is 2.50. The normalized spacial score (nSPS) is 12.3. The monoisotopic (exact) mass is 318 g/mol. The predicted octanol–water partition coefficient (Wildman–Crippen LogP) is 3.02. The molecule has 0 saturated heterocycles. The van der Waals surface area contributed by atoms with E-state index < -0.39 is 17.8 Å². The summed E-state index contributed by atoms with van der Waals surface area (Å²) in [6.07, 6.45) is -1.46. The molecule has 0 aliphatic heterocycles. The van der Waals surface area contributed by atoms with Gasteiger partial charge in [0.25, 0.3) is 5.91 Å². The Morgan fingerprint density at radius 3 is 2.32 bits per heavy atom. The highest BCUT2D eigenvalue weighted by atomic mass is 19.4. The molecule has 1 rings (SSSR count). The summed E-state index contributed by atoms with van der Waals surface area (Å²) in [7, 11) is 0. The van der Waals surface area contributed by atoms with Crippen LogP contribution in [0.4, 0.5) is 13.2 Å². The van der Waals surface area contributed by atoms with E-state index in [4.69, 9.17) is 5.11 Å². The van der Waals surface area contributed by atoms with Crippen molar-refractivity contribution in [1.29, 1.82) is 0 Å². The number of pyridine rings is 1. The quantitative estimate of drug-likeness (QED) is 0.812. The van der Waals surface area contributed by atoms with Gasteiger partial charge in [-0.05, 0) is 36.8 Å². The standard InChI is InChI=1S/C15H21F3N2O2/c1-3-14(4-2,7-8-21)10-20-13(22)11-5-6-12(19-9-11)15(16,17)18/h5-6,9,21H,3-4,7-8,10H2,1-2H3,(H,20,22). The molecule has 0 aliphatic carbocycles. The molecule has 0 radical (unpaired) electrons. The minimum absolute atomic E-state index is 0.0272. The van der Waals surface area contributed by atoms with Crippen LogP contribution in [0.3, 0.4) is 0 Å². The number of halogens is 3. The zero-order valence-electron chi connectivity index (χ0n) is 12.7. The molecular formula is C15H21F3N2O2. The topological polar surface area (TPSA) is 62.2 Å². The number of rotatable bonds is 7. The highest BCUT2D eigenvalue weighted by molar-refractivity contribution is 5.93. The molecule has 0 aliphatic rings. The van der Waals surface area contributed by atoms with Crippen molar-refractivity contribution < 1.29 is 23.1 Å². The van der Waals surface area contributed by atoms with Gasteiger partial charge >= 0.3 is 6.18 Å². The fraction of sp³-hybridized carbons (Fsp3) is 0.600. The Balaban J connectivity index is 2.73. The van der Waals surface area contributed by atoms with Crippen molar-refractivity contribution >= 4 is 5.91 Å². The van der Waals surface area contributed by atoms with Crippen LogP contribution in [0.15, 0.2) is 18.3 Å². The first-order valence-corrected chi connectivity index (χ1v) is 7.20. The molecule has 2 N–H and O–H groups in total. The van der Waals surface area contributed by atoms with E-state index in [0.717, 1.165) is 31.2 Å². The molecule has 1 amide bonds. The summed E-state index contributed by atoms with van der Waals surface area (Å²) in [6.45, 7) is 4.34. The lowest BCUT2D eigenvalue weighted by atomic mass is 9.79. The Morgan fingerprint density at radius 1 is 1.27 bits per heavy atom. The molecule has 1 aromatic rings. The molecule has 0 bridgehead atoms. The number of hydrogen-bond acceptors (Lipinski definition) is 3. The van der Waals surface area contributed by atoms with Gasteiger partial charge in [-0.25, -0.2) is 0 Å². The highest BCUT2D eigenvalue weighted by Crippen LogP contribution is 2.30. The Kier molecular flexibility index (Phi) is 6.34. The summed E-state index contributed by atoms with van der Waals surface area (Å²) in [4.78, 5) is 15.3. The Labute approximate surface area is 127 Å². The summed E-state index contributed by atoms with van der Waals surface area (Å²) >= 11 is 0. The zero-order chi connectivity index (χ0) is 16.8. The SMILES string of the molecule is CCC(CC)(CCO)CNC(=O)c1ccc(C(F)(F)F)nc1. The van der Waals surface area contributed by atoms with Crippen molar-refractivity contribution in [2.45, 2.75) is 39.3 Å². The molecular weight excluding hydrogens is 297 g/mol. The van der Waals surface area contributed by atoms with Crippen LogP contribution in [-0.4, -0.2) is 29.1 Å². The smallest absolute Gasteiger partial charge is 0.396 e. The van der Waals surface area contributed by atoms with Crippen molar-refractivity contribution in [3.05, 3.63) is 29.6 Å². The van der Waals surface area contributed by atoms with Crippen LogP contribution in [0.2, 0.25) is 0 Å². The first-order valence-electron chi connectivity index (χ1n) is 7.20. The van der Waals surface area contributed by atoms with Gasteiger partial charge in [-0.2, -0.15) is 13.2 Å². The van der Waals surface area contributed by atoms with Crippen LogP contribution in [-0.2, 0) is 6.18 Å². The van der Waals surface area contributed by atoms with Gasteiger partial charge in [0.15, 0.2) is 0 Å². The minimum Gasteiger partial charge on any atom is -0.396 e. The Bertz CT molecular complexity index is 483. The molecule has 0 unspecified atom stereocenters. The maximum atomic E-state index is 12.4. The van der Waals surface area contributed by atoms with Crippen molar-refractivity contribution in [2.75, 3.05) is 13.2 Å². The average molecular weight is 318 g/mol.